The first kappa shape index (κ1) is 21.0. The van der Waals surface area contributed by atoms with Gasteiger partial charge in [-0.15, -0.1) is 11.3 Å². The molecule has 3 aromatic rings. The van der Waals surface area contributed by atoms with Crippen molar-refractivity contribution in [2.24, 2.45) is 5.14 Å². The Hall–Kier alpha value is -2.76. The van der Waals surface area contributed by atoms with Crippen LogP contribution < -0.4 is 16.1 Å². The van der Waals surface area contributed by atoms with Crippen LogP contribution in [-0.2, 0) is 10.0 Å². The molecule has 0 bridgehead atoms. The fourth-order valence-electron chi connectivity index (χ4n) is 2.70. The molecule has 0 unspecified atom stereocenters. The zero-order valence-corrected chi connectivity index (χ0v) is 16.9. The van der Waals surface area contributed by atoms with Gasteiger partial charge in [-0.2, -0.15) is 0 Å². The molecule has 0 aliphatic heterocycles. The van der Waals surface area contributed by atoms with Crippen molar-refractivity contribution >= 4 is 44.0 Å². The van der Waals surface area contributed by atoms with Crippen molar-refractivity contribution in [3.05, 3.63) is 45.8 Å². The fourth-order valence-corrected chi connectivity index (χ4v) is 4.11. The standard InChI is InChI=1S/C18H19N3O6S2/c19-29(25,26)7-3-1-2-6-20-12-5-4-11-8-13(18(24)27-15(11)9-12)16-21-14(10-28-16)17(22)23/h4-5,8-10,20H,1-3,6-7H2,(H,22,23)(H2,19,25,26). The molecule has 4 N–H and O–H groups in total. The number of carbonyl (C=O) groups is 1. The first-order chi connectivity index (χ1) is 13.7. The summed E-state index contributed by atoms with van der Waals surface area (Å²) in [6.07, 6.45) is 2.00. The lowest BCUT2D eigenvalue weighted by Gasteiger charge is -2.07. The highest BCUT2D eigenvalue weighted by Crippen LogP contribution is 2.26. The summed E-state index contributed by atoms with van der Waals surface area (Å²) in [5.74, 6) is -1.18. The molecule has 0 aliphatic rings. The average molecular weight is 437 g/mol. The Morgan fingerprint density at radius 3 is 2.72 bits per heavy atom. The van der Waals surface area contributed by atoms with E-state index >= 15 is 0 Å². The van der Waals surface area contributed by atoms with E-state index in [1.54, 1.807) is 18.2 Å². The number of anilines is 1. The minimum absolute atomic E-state index is 0.0243. The maximum Gasteiger partial charge on any atom is 0.355 e. The van der Waals surface area contributed by atoms with Gasteiger partial charge >= 0.3 is 11.6 Å². The Morgan fingerprint density at radius 1 is 1.24 bits per heavy atom. The van der Waals surface area contributed by atoms with Crippen molar-refractivity contribution in [3.63, 3.8) is 0 Å². The topological polar surface area (TPSA) is 153 Å². The van der Waals surface area contributed by atoms with E-state index in [2.05, 4.69) is 10.3 Å². The molecular formula is C18H19N3O6S2. The van der Waals surface area contributed by atoms with Gasteiger partial charge in [-0.3, -0.25) is 0 Å². The molecule has 154 valence electrons. The van der Waals surface area contributed by atoms with Gasteiger partial charge in [0.05, 0.1) is 11.3 Å². The molecular weight excluding hydrogens is 418 g/mol. The van der Waals surface area contributed by atoms with Gasteiger partial charge in [0, 0.05) is 29.1 Å². The number of hydrogen-bond donors (Lipinski definition) is 3. The zero-order valence-electron chi connectivity index (χ0n) is 15.3. The van der Waals surface area contributed by atoms with Crippen LogP contribution in [0.4, 0.5) is 5.69 Å². The number of primary sulfonamides is 1. The van der Waals surface area contributed by atoms with Crippen LogP contribution in [-0.4, -0.2) is 36.8 Å². The molecule has 29 heavy (non-hydrogen) atoms. The molecule has 2 heterocycles. The summed E-state index contributed by atoms with van der Waals surface area (Å²) in [4.78, 5) is 27.2. The number of aromatic nitrogens is 1. The summed E-state index contributed by atoms with van der Waals surface area (Å²) in [5, 5.41) is 19.5. The maximum absolute atomic E-state index is 12.3. The monoisotopic (exact) mass is 437 g/mol. The van der Waals surface area contributed by atoms with E-state index in [-0.39, 0.29) is 17.0 Å². The minimum Gasteiger partial charge on any atom is -0.476 e. The van der Waals surface area contributed by atoms with Crippen LogP contribution in [0.3, 0.4) is 0 Å². The van der Waals surface area contributed by atoms with Gasteiger partial charge < -0.3 is 14.8 Å². The summed E-state index contributed by atoms with van der Waals surface area (Å²) in [5.41, 5.74) is 0.665. The zero-order chi connectivity index (χ0) is 21.0. The van der Waals surface area contributed by atoms with Gasteiger partial charge in [-0.1, -0.05) is 6.42 Å². The van der Waals surface area contributed by atoms with E-state index in [9.17, 15) is 18.0 Å². The second-order valence-corrected chi connectivity index (χ2v) is 8.99. The Bertz CT molecular complexity index is 1200. The van der Waals surface area contributed by atoms with E-state index in [4.69, 9.17) is 14.7 Å². The van der Waals surface area contributed by atoms with Crippen LogP contribution >= 0.6 is 11.3 Å². The third kappa shape index (κ3) is 5.62. The van der Waals surface area contributed by atoms with Gasteiger partial charge in [0.15, 0.2) is 5.69 Å². The maximum atomic E-state index is 12.3. The minimum atomic E-state index is -3.41. The number of benzene rings is 1. The SMILES string of the molecule is NS(=O)(=O)CCCCCNc1ccc2cc(-c3nc(C(=O)O)cs3)c(=O)oc2c1. The summed E-state index contributed by atoms with van der Waals surface area (Å²) >= 11 is 1.07. The summed E-state index contributed by atoms with van der Waals surface area (Å²) in [6, 6.07) is 6.95. The number of carboxylic acids is 1. The van der Waals surface area contributed by atoms with Crippen LogP contribution in [0.25, 0.3) is 21.5 Å². The number of rotatable bonds is 9. The predicted octanol–water partition coefficient (Wildman–Crippen LogP) is 2.49. The highest BCUT2D eigenvalue weighted by Gasteiger charge is 2.15. The molecule has 0 amide bonds. The third-order valence-electron chi connectivity index (χ3n) is 4.12. The predicted molar refractivity (Wildman–Crippen MR) is 111 cm³/mol. The number of nitrogens with one attached hydrogen (secondary N) is 1. The number of unbranched alkanes of at least 4 members (excludes halogenated alkanes) is 2. The van der Waals surface area contributed by atoms with Crippen LogP contribution in [0.2, 0.25) is 0 Å². The quantitative estimate of drug-likeness (QED) is 0.341. The molecule has 0 aliphatic carbocycles. The van der Waals surface area contributed by atoms with Crippen molar-refractivity contribution in [1.82, 2.24) is 4.98 Å². The highest BCUT2D eigenvalue weighted by molar-refractivity contribution is 7.89. The molecule has 1 aromatic carbocycles. The first-order valence-corrected chi connectivity index (χ1v) is 11.3. The Morgan fingerprint density at radius 2 is 2.03 bits per heavy atom. The Labute approximate surface area is 170 Å². The van der Waals surface area contributed by atoms with Crippen molar-refractivity contribution in [1.29, 1.82) is 0 Å². The van der Waals surface area contributed by atoms with Crippen LogP contribution in [0, 0.1) is 0 Å². The van der Waals surface area contributed by atoms with Crippen molar-refractivity contribution < 1.29 is 22.7 Å². The highest BCUT2D eigenvalue weighted by atomic mass is 32.2. The van der Waals surface area contributed by atoms with Crippen molar-refractivity contribution in [2.75, 3.05) is 17.6 Å². The lowest BCUT2D eigenvalue weighted by Crippen LogP contribution is -2.16. The lowest BCUT2D eigenvalue weighted by molar-refractivity contribution is 0.0691. The van der Waals surface area contributed by atoms with E-state index in [1.165, 1.54) is 5.38 Å². The molecule has 0 atom stereocenters. The second-order valence-electron chi connectivity index (χ2n) is 6.40. The molecule has 0 fully saturated rings. The van der Waals surface area contributed by atoms with Gasteiger partial charge in [0.2, 0.25) is 10.0 Å². The van der Waals surface area contributed by atoms with Gasteiger partial charge in [-0.25, -0.2) is 28.1 Å². The number of nitrogens with zero attached hydrogens (tertiary/aromatic N) is 1. The molecule has 2 aromatic heterocycles. The number of sulfonamides is 1. The van der Waals surface area contributed by atoms with Crippen LogP contribution in [0.15, 0.2) is 38.9 Å². The van der Waals surface area contributed by atoms with Crippen LogP contribution in [0.5, 0.6) is 0 Å². The number of thiazole rings is 1. The molecule has 0 spiro atoms. The van der Waals surface area contributed by atoms with E-state index in [0.717, 1.165) is 29.9 Å². The third-order valence-corrected chi connectivity index (χ3v) is 5.86. The number of carboxylic acid groups (broad SMARTS) is 1. The Kier molecular flexibility index (Phi) is 6.30. The van der Waals surface area contributed by atoms with Gasteiger partial charge in [0.1, 0.15) is 10.6 Å². The molecule has 9 nitrogen and oxygen atoms in total. The Balaban J connectivity index is 1.67. The number of aromatic carboxylic acids is 1. The molecule has 3 rings (SSSR count). The van der Waals surface area contributed by atoms with Gasteiger partial charge in [0.25, 0.3) is 0 Å². The van der Waals surface area contributed by atoms with Gasteiger partial charge in [-0.05, 0) is 31.0 Å². The summed E-state index contributed by atoms with van der Waals surface area (Å²) in [7, 11) is -3.41. The number of fused-ring (bicyclic) bond motifs is 1. The second kappa shape index (κ2) is 8.72. The molecule has 0 saturated carbocycles. The smallest absolute Gasteiger partial charge is 0.355 e. The summed E-state index contributed by atoms with van der Waals surface area (Å²) < 4.78 is 27.1. The number of hydrogen-bond acceptors (Lipinski definition) is 8. The van der Waals surface area contributed by atoms with Crippen molar-refractivity contribution in [3.8, 4) is 10.6 Å². The lowest BCUT2D eigenvalue weighted by atomic mass is 10.1. The normalized spacial score (nSPS) is 11.6. The largest absolute Gasteiger partial charge is 0.476 e. The fraction of sp³-hybridized carbons (Fsp3) is 0.278. The molecule has 0 saturated heterocycles. The molecule has 0 radical (unpaired) electrons. The average Bonchev–Trinajstić information content (AvgIpc) is 3.13. The first-order valence-electron chi connectivity index (χ1n) is 8.74. The van der Waals surface area contributed by atoms with E-state index in [0.29, 0.717) is 28.9 Å². The molecule has 11 heteroatoms. The van der Waals surface area contributed by atoms with E-state index in [1.807, 2.05) is 6.07 Å². The van der Waals surface area contributed by atoms with E-state index < -0.39 is 21.6 Å². The van der Waals surface area contributed by atoms with Crippen molar-refractivity contribution in [2.45, 2.75) is 19.3 Å². The summed E-state index contributed by atoms with van der Waals surface area (Å²) in [6.45, 7) is 0.634. The van der Waals surface area contributed by atoms with Crippen LogP contribution in [0.1, 0.15) is 29.8 Å². The number of nitrogens with two attached hydrogens (primary N) is 1.